The fourth-order valence-electron chi connectivity index (χ4n) is 3.25. The number of esters is 1. The second kappa shape index (κ2) is 6.75. The monoisotopic (exact) mass is 350 g/mol. The SMILES string of the molecule is Cn1cc([C@@H]2C[C@H]2C(=O)O[C@H](c2ccccc2)c2ccc(F)cc2)cn1. The number of carbonyl (C=O) groups excluding carboxylic acids is 1. The molecule has 0 unspecified atom stereocenters. The highest BCUT2D eigenvalue weighted by atomic mass is 19.1. The van der Waals surface area contributed by atoms with Crippen molar-refractivity contribution < 1.29 is 13.9 Å². The highest BCUT2D eigenvalue weighted by Crippen LogP contribution is 2.48. The Kier molecular flexibility index (Phi) is 4.29. The van der Waals surface area contributed by atoms with E-state index in [0.717, 1.165) is 23.1 Å². The van der Waals surface area contributed by atoms with E-state index in [2.05, 4.69) is 5.10 Å². The summed E-state index contributed by atoms with van der Waals surface area (Å²) >= 11 is 0. The maximum atomic E-state index is 13.3. The molecule has 3 aromatic rings. The van der Waals surface area contributed by atoms with Gasteiger partial charge in [0.1, 0.15) is 5.82 Å². The van der Waals surface area contributed by atoms with Crippen molar-refractivity contribution in [3.63, 3.8) is 0 Å². The van der Waals surface area contributed by atoms with E-state index >= 15 is 0 Å². The van der Waals surface area contributed by atoms with Gasteiger partial charge in [-0.2, -0.15) is 5.10 Å². The first-order valence-electron chi connectivity index (χ1n) is 8.61. The van der Waals surface area contributed by atoms with Gasteiger partial charge in [0.15, 0.2) is 6.10 Å². The zero-order valence-corrected chi connectivity index (χ0v) is 14.4. The standard InChI is InChI=1S/C21H19FN2O2/c1-24-13-16(12-23-24)18-11-19(18)21(25)26-20(14-5-3-2-4-6-14)15-7-9-17(22)10-8-15/h2-10,12-13,18-20H,11H2,1H3/t18-,19+,20+/m0/s1. The molecule has 1 heterocycles. The van der Waals surface area contributed by atoms with Crippen LogP contribution in [-0.2, 0) is 16.6 Å². The topological polar surface area (TPSA) is 44.1 Å². The molecule has 0 aliphatic heterocycles. The second-order valence-corrected chi connectivity index (χ2v) is 6.68. The molecule has 3 atom stereocenters. The van der Waals surface area contributed by atoms with Gasteiger partial charge in [-0.25, -0.2) is 4.39 Å². The van der Waals surface area contributed by atoms with E-state index in [1.54, 1.807) is 23.0 Å². The van der Waals surface area contributed by atoms with Gasteiger partial charge in [0.2, 0.25) is 0 Å². The van der Waals surface area contributed by atoms with Crippen LogP contribution in [0.5, 0.6) is 0 Å². The molecule has 26 heavy (non-hydrogen) atoms. The molecule has 1 fully saturated rings. The molecule has 1 aliphatic carbocycles. The van der Waals surface area contributed by atoms with Gasteiger partial charge in [0.25, 0.3) is 0 Å². The fourth-order valence-corrected chi connectivity index (χ4v) is 3.25. The average molecular weight is 350 g/mol. The molecule has 2 aromatic carbocycles. The van der Waals surface area contributed by atoms with Gasteiger partial charge in [-0.3, -0.25) is 9.48 Å². The van der Waals surface area contributed by atoms with Crippen molar-refractivity contribution in [3.05, 3.63) is 89.5 Å². The number of hydrogen-bond donors (Lipinski definition) is 0. The van der Waals surface area contributed by atoms with E-state index in [-0.39, 0.29) is 23.6 Å². The van der Waals surface area contributed by atoms with Crippen LogP contribution < -0.4 is 0 Å². The Labute approximate surface area is 151 Å². The van der Waals surface area contributed by atoms with Gasteiger partial charge >= 0.3 is 5.97 Å². The van der Waals surface area contributed by atoms with Crippen LogP contribution in [0.2, 0.25) is 0 Å². The normalized spacial score (nSPS) is 19.8. The lowest BCUT2D eigenvalue weighted by molar-refractivity contribution is -0.149. The van der Waals surface area contributed by atoms with E-state index in [0.29, 0.717) is 0 Å². The van der Waals surface area contributed by atoms with Gasteiger partial charge in [-0.1, -0.05) is 42.5 Å². The van der Waals surface area contributed by atoms with Crippen LogP contribution in [0.4, 0.5) is 4.39 Å². The Hall–Kier alpha value is -2.95. The van der Waals surface area contributed by atoms with Crippen LogP contribution in [0.1, 0.15) is 35.1 Å². The molecule has 0 saturated heterocycles. The predicted octanol–water partition coefficient (Wildman–Crippen LogP) is 4.00. The third-order valence-corrected chi connectivity index (χ3v) is 4.76. The zero-order chi connectivity index (χ0) is 18.1. The number of ether oxygens (including phenoxy) is 1. The number of rotatable bonds is 5. The summed E-state index contributed by atoms with van der Waals surface area (Å²) in [6.07, 6.45) is 3.97. The third kappa shape index (κ3) is 3.38. The minimum absolute atomic E-state index is 0.147. The van der Waals surface area contributed by atoms with E-state index in [4.69, 9.17) is 4.74 Å². The fraction of sp³-hybridized carbons (Fsp3) is 0.238. The summed E-state index contributed by atoms with van der Waals surface area (Å²) in [5, 5.41) is 4.17. The van der Waals surface area contributed by atoms with Gasteiger partial charge in [-0.05, 0) is 35.2 Å². The van der Waals surface area contributed by atoms with Crippen molar-refractivity contribution in [1.82, 2.24) is 9.78 Å². The van der Waals surface area contributed by atoms with Crippen LogP contribution in [-0.4, -0.2) is 15.7 Å². The Morgan fingerprint density at radius 2 is 1.85 bits per heavy atom. The summed E-state index contributed by atoms with van der Waals surface area (Å²) in [7, 11) is 1.86. The largest absolute Gasteiger partial charge is 0.452 e. The highest BCUT2D eigenvalue weighted by molar-refractivity contribution is 5.78. The lowest BCUT2D eigenvalue weighted by Crippen LogP contribution is -2.15. The Bertz CT molecular complexity index is 905. The molecule has 0 bridgehead atoms. The second-order valence-electron chi connectivity index (χ2n) is 6.68. The summed E-state index contributed by atoms with van der Waals surface area (Å²) in [4.78, 5) is 12.7. The molecular formula is C21H19FN2O2. The van der Waals surface area contributed by atoms with Crippen molar-refractivity contribution in [2.45, 2.75) is 18.4 Å². The number of carbonyl (C=O) groups is 1. The first-order chi connectivity index (χ1) is 12.6. The highest BCUT2D eigenvalue weighted by Gasteiger charge is 2.46. The molecule has 132 valence electrons. The maximum absolute atomic E-state index is 13.3. The van der Waals surface area contributed by atoms with E-state index < -0.39 is 6.10 Å². The van der Waals surface area contributed by atoms with Gasteiger partial charge in [0.05, 0.1) is 12.1 Å². The number of nitrogens with zero attached hydrogens (tertiary/aromatic N) is 2. The average Bonchev–Trinajstić information content (AvgIpc) is 3.35. The number of benzene rings is 2. The van der Waals surface area contributed by atoms with Crippen LogP contribution in [0, 0.1) is 11.7 Å². The number of halogens is 1. The smallest absolute Gasteiger partial charge is 0.310 e. The molecule has 1 saturated carbocycles. The van der Waals surface area contributed by atoms with Crippen LogP contribution in [0.15, 0.2) is 67.0 Å². The summed E-state index contributed by atoms with van der Waals surface area (Å²) < 4.78 is 20.9. The number of aryl methyl sites for hydroxylation is 1. The van der Waals surface area contributed by atoms with Crippen molar-refractivity contribution in [2.24, 2.45) is 13.0 Å². The summed E-state index contributed by atoms with van der Waals surface area (Å²) in [6.45, 7) is 0. The summed E-state index contributed by atoms with van der Waals surface area (Å²) in [5.41, 5.74) is 2.68. The van der Waals surface area contributed by atoms with Gasteiger partial charge < -0.3 is 4.74 Å². The van der Waals surface area contributed by atoms with E-state index in [1.165, 1.54) is 12.1 Å². The molecule has 0 spiro atoms. The molecule has 0 amide bonds. The minimum Gasteiger partial charge on any atom is -0.452 e. The molecule has 4 nitrogen and oxygen atoms in total. The summed E-state index contributed by atoms with van der Waals surface area (Å²) in [5.74, 6) is -0.519. The Morgan fingerprint density at radius 1 is 1.15 bits per heavy atom. The van der Waals surface area contributed by atoms with Crippen molar-refractivity contribution in [3.8, 4) is 0 Å². The molecule has 1 aromatic heterocycles. The lowest BCUT2D eigenvalue weighted by Gasteiger charge is -2.19. The first-order valence-corrected chi connectivity index (χ1v) is 8.61. The number of hydrogen-bond acceptors (Lipinski definition) is 3. The van der Waals surface area contributed by atoms with Crippen LogP contribution in [0.25, 0.3) is 0 Å². The van der Waals surface area contributed by atoms with Gasteiger partial charge in [-0.15, -0.1) is 0 Å². The van der Waals surface area contributed by atoms with Crippen molar-refractivity contribution in [1.29, 1.82) is 0 Å². The lowest BCUT2D eigenvalue weighted by atomic mass is 10.0. The predicted molar refractivity (Wildman–Crippen MR) is 94.8 cm³/mol. The minimum atomic E-state index is -0.542. The Morgan fingerprint density at radius 3 is 2.50 bits per heavy atom. The quantitative estimate of drug-likeness (QED) is 0.654. The number of aromatic nitrogens is 2. The molecule has 0 radical (unpaired) electrons. The van der Waals surface area contributed by atoms with Crippen molar-refractivity contribution >= 4 is 5.97 Å². The van der Waals surface area contributed by atoms with E-state index in [1.807, 2.05) is 43.6 Å². The van der Waals surface area contributed by atoms with Crippen molar-refractivity contribution in [2.75, 3.05) is 0 Å². The zero-order valence-electron chi connectivity index (χ0n) is 14.4. The maximum Gasteiger partial charge on any atom is 0.310 e. The van der Waals surface area contributed by atoms with E-state index in [9.17, 15) is 9.18 Å². The molecule has 5 heteroatoms. The molecule has 4 rings (SSSR count). The molecule has 1 aliphatic rings. The summed E-state index contributed by atoms with van der Waals surface area (Å²) in [6, 6.07) is 15.6. The third-order valence-electron chi connectivity index (χ3n) is 4.76. The Balaban J connectivity index is 1.53. The molecule has 0 N–H and O–H groups in total. The first kappa shape index (κ1) is 16.5. The van der Waals surface area contributed by atoms with Gasteiger partial charge in [0, 0.05) is 19.2 Å². The van der Waals surface area contributed by atoms with Crippen LogP contribution >= 0.6 is 0 Å². The van der Waals surface area contributed by atoms with Crippen LogP contribution in [0.3, 0.4) is 0 Å². The molecular weight excluding hydrogens is 331 g/mol.